The van der Waals surface area contributed by atoms with Crippen molar-refractivity contribution in [2.45, 2.75) is 19.3 Å². The van der Waals surface area contributed by atoms with Gasteiger partial charge in [0.25, 0.3) is 0 Å². The van der Waals surface area contributed by atoms with Crippen molar-refractivity contribution < 1.29 is 0 Å². The summed E-state index contributed by atoms with van der Waals surface area (Å²) in [6, 6.07) is 82.1. The van der Waals surface area contributed by atoms with Crippen LogP contribution in [0.3, 0.4) is 0 Å². The third-order valence-electron chi connectivity index (χ3n) is 14.8. The van der Waals surface area contributed by atoms with Gasteiger partial charge in [0.1, 0.15) is 0 Å². The molecule has 12 aromatic rings. The van der Waals surface area contributed by atoms with Gasteiger partial charge in [-0.3, -0.25) is 0 Å². The summed E-state index contributed by atoms with van der Waals surface area (Å²) in [7, 11) is 0. The summed E-state index contributed by atoms with van der Waals surface area (Å²) in [6.45, 7) is 4.41. The Morgan fingerprint density at radius 2 is 0.646 bits per heavy atom. The molecule has 2 heterocycles. The van der Waals surface area contributed by atoms with Gasteiger partial charge >= 0.3 is 0 Å². The minimum absolute atomic E-state index is 0.530. The summed E-state index contributed by atoms with van der Waals surface area (Å²) in [5.74, 6) is 0. The van der Waals surface area contributed by atoms with Crippen molar-refractivity contribution in [1.82, 2.24) is 9.13 Å². The van der Waals surface area contributed by atoms with Gasteiger partial charge in [-0.15, -0.1) is 0 Å². The van der Waals surface area contributed by atoms with E-state index in [4.69, 9.17) is 0 Å². The maximum atomic E-state index is 2.52. The number of hydrogen-bond acceptors (Lipinski definition) is 0. The predicted octanol–water partition coefficient (Wildman–Crippen LogP) is 16.2. The maximum absolute atomic E-state index is 2.52. The zero-order valence-electron chi connectivity index (χ0n) is 36.2. The zero-order chi connectivity index (χ0) is 43.0. The summed E-state index contributed by atoms with van der Waals surface area (Å²) < 4.78 is 4.98. The first-order chi connectivity index (χ1) is 32.1. The monoisotopic (exact) mass is 826 g/mol. The molecule has 0 bridgehead atoms. The van der Waals surface area contributed by atoms with Gasteiger partial charge in [0.05, 0.1) is 27.5 Å². The largest absolute Gasteiger partial charge is 0.309 e. The van der Waals surface area contributed by atoms with Crippen LogP contribution in [0.15, 0.2) is 218 Å². The third kappa shape index (κ3) is 4.89. The van der Waals surface area contributed by atoms with Crippen LogP contribution in [0.5, 0.6) is 0 Å². The van der Waals surface area contributed by atoms with Crippen LogP contribution in [0.1, 0.15) is 33.4 Å². The Kier molecular flexibility index (Phi) is 7.49. The molecule has 2 aromatic heterocycles. The van der Waals surface area contributed by atoms with Crippen molar-refractivity contribution in [1.29, 1.82) is 0 Å². The molecule has 10 aromatic carbocycles. The van der Waals surface area contributed by atoms with Gasteiger partial charge in [0, 0.05) is 32.9 Å². The van der Waals surface area contributed by atoms with Gasteiger partial charge in [-0.25, -0.2) is 0 Å². The molecule has 0 radical (unpaired) electrons. The van der Waals surface area contributed by atoms with Crippen LogP contribution in [0.4, 0.5) is 0 Å². The van der Waals surface area contributed by atoms with E-state index in [1.54, 1.807) is 0 Å². The SMILES string of the molecule is Cc1ccccc1-c1ccc2c(c1)c1ccccc1n2-c1ccc2c(c1)C1(c3ccccc3-2)c2ccccc2-c2ccc(-n3c4ccccc4c4cc(-c5ccccc5C)ccc43)cc21. The summed E-state index contributed by atoms with van der Waals surface area (Å²) in [6.07, 6.45) is 0. The smallest absolute Gasteiger partial charge is 0.0727 e. The molecule has 2 aliphatic rings. The first kappa shape index (κ1) is 36.3. The van der Waals surface area contributed by atoms with E-state index < -0.39 is 5.41 Å². The topological polar surface area (TPSA) is 9.86 Å². The van der Waals surface area contributed by atoms with Gasteiger partial charge in [-0.2, -0.15) is 0 Å². The molecular formula is C63H42N2. The van der Waals surface area contributed by atoms with E-state index in [0.717, 1.165) is 0 Å². The molecule has 14 rings (SSSR count). The Bertz CT molecular complexity index is 3730. The molecule has 2 nitrogen and oxygen atoms in total. The summed E-state index contributed by atoms with van der Waals surface area (Å²) in [5, 5.41) is 5.04. The lowest BCUT2D eigenvalue weighted by atomic mass is 9.70. The number of nitrogens with zero attached hydrogens (tertiary/aromatic N) is 2. The summed E-state index contributed by atoms with van der Waals surface area (Å²) in [5.41, 5.74) is 24.7. The fourth-order valence-corrected chi connectivity index (χ4v) is 12.0. The predicted molar refractivity (Wildman–Crippen MR) is 272 cm³/mol. The lowest BCUT2D eigenvalue weighted by Crippen LogP contribution is -2.26. The van der Waals surface area contributed by atoms with Crippen LogP contribution in [0.25, 0.3) is 99.5 Å². The van der Waals surface area contributed by atoms with Crippen molar-refractivity contribution in [2.75, 3.05) is 0 Å². The highest BCUT2D eigenvalue weighted by Crippen LogP contribution is 2.63. The summed E-state index contributed by atoms with van der Waals surface area (Å²) in [4.78, 5) is 0. The average Bonchev–Trinajstić information content (AvgIpc) is 4.05. The molecule has 0 saturated carbocycles. The molecular weight excluding hydrogens is 785 g/mol. The van der Waals surface area contributed by atoms with Crippen LogP contribution in [-0.4, -0.2) is 9.13 Å². The van der Waals surface area contributed by atoms with Gasteiger partial charge in [0.2, 0.25) is 0 Å². The van der Waals surface area contributed by atoms with Crippen molar-refractivity contribution in [3.8, 4) is 55.9 Å². The van der Waals surface area contributed by atoms with Crippen LogP contribution < -0.4 is 0 Å². The first-order valence-electron chi connectivity index (χ1n) is 22.8. The molecule has 0 amide bonds. The lowest BCUT2D eigenvalue weighted by Gasteiger charge is -2.31. The quantitative estimate of drug-likeness (QED) is 0.167. The number of benzene rings is 10. The zero-order valence-corrected chi connectivity index (χ0v) is 36.2. The van der Waals surface area contributed by atoms with Gasteiger partial charge in [-0.1, -0.05) is 158 Å². The molecule has 1 spiro atoms. The van der Waals surface area contributed by atoms with Crippen LogP contribution >= 0.6 is 0 Å². The minimum Gasteiger partial charge on any atom is -0.309 e. The highest BCUT2D eigenvalue weighted by Gasteiger charge is 2.52. The highest BCUT2D eigenvalue weighted by atomic mass is 15.0. The van der Waals surface area contributed by atoms with E-state index in [0.29, 0.717) is 0 Å². The number of rotatable bonds is 4. The Labute approximate surface area is 377 Å². The van der Waals surface area contributed by atoms with Crippen LogP contribution in [-0.2, 0) is 5.41 Å². The standard InChI is InChI=1S/C63H42N2/c1-39-15-3-5-17-45(39)41-27-33-61-53(35-41)51-21-9-13-25-59(51)64(61)43-29-31-49-47-19-7-11-23-55(47)63(57(49)37-43)56-24-12-8-20-48(56)50-32-30-44(38-58(50)63)65-60-26-14-10-22-52(60)54-36-42(28-34-62(54)65)46-18-6-4-16-40(46)2/h3-38H,1-2H3. The van der Waals surface area contributed by atoms with Crippen molar-refractivity contribution in [2.24, 2.45) is 0 Å². The molecule has 0 atom stereocenters. The average molecular weight is 827 g/mol. The molecule has 65 heavy (non-hydrogen) atoms. The fourth-order valence-electron chi connectivity index (χ4n) is 12.0. The lowest BCUT2D eigenvalue weighted by molar-refractivity contribution is 0.791. The molecule has 304 valence electrons. The number of hydrogen-bond donors (Lipinski definition) is 0. The Morgan fingerprint density at radius 3 is 1.11 bits per heavy atom. The Hall–Kier alpha value is -8.20. The van der Waals surface area contributed by atoms with Gasteiger partial charge in [0.15, 0.2) is 0 Å². The molecule has 0 saturated heterocycles. The molecule has 0 unspecified atom stereocenters. The van der Waals surface area contributed by atoms with Crippen LogP contribution in [0.2, 0.25) is 0 Å². The minimum atomic E-state index is -0.530. The Morgan fingerprint density at radius 1 is 0.277 bits per heavy atom. The van der Waals surface area contributed by atoms with E-state index in [-0.39, 0.29) is 0 Å². The van der Waals surface area contributed by atoms with E-state index in [2.05, 4.69) is 241 Å². The fraction of sp³-hybridized carbons (Fsp3) is 0.0476. The molecule has 0 N–H and O–H groups in total. The third-order valence-corrected chi connectivity index (χ3v) is 14.8. The molecule has 0 fully saturated rings. The van der Waals surface area contributed by atoms with E-state index in [1.807, 2.05) is 0 Å². The second-order valence-corrected chi connectivity index (χ2v) is 18.1. The van der Waals surface area contributed by atoms with Crippen molar-refractivity contribution >= 4 is 43.6 Å². The second-order valence-electron chi connectivity index (χ2n) is 18.1. The van der Waals surface area contributed by atoms with Gasteiger partial charge in [-0.05, 0) is 152 Å². The molecule has 2 aliphatic carbocycles. The molecule has 0 aliphatic heterocycles. The molecule has 2 heteroatoms. The summed E-state index contributed by atoms with van der Waals surface area (Å²) >= 11 is 0. The van der Waals surface area contributed by atoms with E-state index in [9.17, 15) is 0 Å². The van der Waals surface area contributed by atoms with Gasteiger partial charge < -0.3 is 9.13 Å². The normalized spacial score (nSPS) is 13.2. The first-order valence-corrected chi connectivity index (χ1v) is 22.8. The highest BCUT2D eigenvalue weighted by molar-refractivity contribution is 6.12. The Balaban J connectivity index is 1.02. The maximum Gasteiger partial charge on any atom is 0.0727 e. The van der Waals surface area contributed by atoms with Crippen molar-refractivity contribution in [3.63, 3.8) is 0 Å². The van der Waals surface area contributed by atoms with E-state index >= 15 is 0 Å². The number of fused-ring (bicyclic) bond motifs is 16. The number of aryl methyl sites for hydroxylation is 2. The van der Waals surface area contributed by atoms with Crippen molar-refractivity contribution in [3.05, 3.63) is 252 Å². The number of para-hydroxylation sites is 2. The number of aromatic nitrogens is 2. The van der Waals surface area contributed by atoms with Crippen LogP contribution in [0, 0.1) is 13.8 Å². The van der Waals surface area contributed by atoms with E-state index in [1.165, 1.54) is 133 Å². The second kappa shape index (κ2) is 13.4.